The van der Waals surface area contributed by atoms with Crippen molar-refractivity contribution >= 4 is 14.8 Å². The first-order valence-electron chi connectivity index (χ1n) is 6.58. The second-order valence-corrected chi connectivity index (χ2v) is 6.67. The molecular weight excluding hydrogens is 252 g/mol. The largest absolute Gasteiger partial charge is 0.501 e. The lowest BCUT2D eigenvalue weighted by Crippen LogP contribution is -2.46. The Bertz CT molecular complexity index is 217. The molecule has 0 aliphatic rings. The fraction of sp³-hybridized carbons (Fsp3) is 0.917. The van der Waals surface area contributed by atoms with Crippen LogP contribution < -0.4 is 0 Å². The summed E-state index contributed by atoms with van der Waals surface area (Å²) in [5.41, 5.74) is 0. The molecule has 1 unspecified atom stereocenters. The summed E-state index contributed by atoms with van der Waals surface area (Å²) in [6, 6.07) is 0.664. The lowest BCUT2D eigenvalue weighted by molar-refractivity contribution is -0.145. The molecule has 5 nitrogen and oxygen atoms in total. The zero-order valence-electron chi connectivity index (χ0n) is 12.2. The summed E-state index contributed by atoms with van der Waals surface area (Å²) in [5.74, 6) is -0.265. The number of rotatable bonds is 10. The molecule has 0 saturated heterocycles. The van der Waals surface area contributed by atoms with Crippen LogP contribution in [0.4, 0.5) is 0 Å². The van der Waals surface area contributed by atoms with Gasteiger partial charge in [0.25, 0.3) is 0 Å². The topological polar surface area (TPSA) is 54.0 Å². The molecule has 0 saturated carbocycles. The van der Waals surface area contributed by atoms with Crippen molar-refractivity contribution in [1.82, 2.24) is 0 Å². The SMILES string of the molecule is CCO[Si](CCC(C)OC(C)=O)(OCC)OCC. The number of esters is 1. The smallest absolute Gasteiger partial charge is 0.463 e. The van der Waals surface area contributed by atoms with Gasteiger partial charge in [-0.05, 0) is 34.1 Å². The van der Waals surface area contributed by atoms with Crippen LogP contribution in [-0.2, 0) is 22.8 Å². The molecule has 0 aromatic heterocycles. The first-order valence-corrected chi connectivity index (χ1v) is 8.51. The van der Waals surface area contributed by atoms with Gasteiger partial charge in [-0.25, -0.2) is 0 Å². The average Bonchev–Trinajstić information content (AvgIpc) is 2.27. The van der Waals surface area contributed by atoms with E-state index in [1.807, 2.05) is 27.7 Å². The molecule has 0 rings (SSSR count). The van der Waals surface area contributed by atoms with Crippen LogP contribution in [0.2, 0.25) is 6.04 Å². The molecule has 0 aliphatic heterocycles. The lowest BCUT2D eigenvalue weighted by Gasteiger charge is -2.29. The normalized spacial score (nSPS) is 13.4. The molecule has 0 N–H and O–H groups in total. The van der Waals surface area contributed by atoms with Gasteiger partial charge in [-0.15, -0.1) is 0 Å². The van der Waals surface area contributed by atoms with Gasteiger partial charge in [-0.2, -0.15) is 0 Å². The first-order chi connectivity index (χ1) is 8.49. The van der Waals surface area contributed by atoms with Gasteiger partial charge in [0.15, 0.2) is 0 Å². The molecule has 0 aliphatic carbocycles. The molecule has 0 heterocycles. The number of hydrogen-bond donors (Lipinski definition) is 0. The Morgan fingerprint density at radius 2 is 1.50 bits per heavy atom. The van der Waals surface area contributed by atoms with Crippen molar-refractivity contribution in [1.29, 1.82) is 0 Å². The molecule has 0 radical (unpaired) electrons. The van der Waals surface area contributed by atoms with Gasteiger partial charge < -0.3 is 18.0 Å². The third-order valence-electron chi connectivity index (χ3n) is 2.32. The second kappa shape index (κ2) is 9.49. The molecule has 0 aromatic carbocycles. The van der Waals surface area contributed by atoms with Crippen LogP contribution in [0.5, 0.6) is 0 Å². The van der Waals surface area contributed by atoms with Gasteiger partial charge in [-0.3, -0.25) is 4.79 Å². The number of carbonyl (C=O) groups is 1. The van der Waals surface area contributed by atoms with Crippen LogP contribution in [0.3, 0.4) is 0 Å². The minimum Gasteiger partial charge on any atom is -0.463 e. The van der Waals surface area contributed by atoms with E-state index in [1.54, 1.807) is 0 Å². The highest BCUT2D eigenvalue weighted by molar-refractivity contribution is 6.60. The first kappa shape index (κ1) is 17.6. The predicted molar refractivity (Wildman–Crippen MR) is 71.3 cm³/mol. The quantitative estimate of drug-likeness (QED) is 0.453. The summed E-state index contributed by atoms with van der Waals surface area (Å²) < 4.78 is 22.3. The molecule has 1 atom stereocenters. The van der Waals surface area contributed by atoms with E-state index in [9.17, 15) is 4.79 Å². The molecule has 6 heteroatoms. The Morgan fingerprint density at radius 3 is 1.83 bits per heavy atom. The monoisotopic (exact) mass is 278 g/mol. The molecule has 0 spiro atoms. The number of hydrogen-bond acceptors (Lipinski definition) is 5. The summed E-state index contributed by atoms with van der Waals surface area (Å²) in [7, 11) is -2.60. The van der Waals surface area contributed by atoms with E-state index in [-0.39, 0.29) is 12.1 Å². The van der Waals surface area contributed by atoms with E-state index < -0.39 is 8.80 Å². The van der Waals surface area contributed by atoms with Gasteiger partial charge in [-0.1, -0.05) is 0 Å². The van der Waals surface area contributed by atoms with Gasteiger partial charge in [0.1, 0.15) is 0 Å². The zero-order chi connectivity index (χ0) is 14.0. The van der Waals surface area contributed by atoms with Crippen LogP contribution >= 0.6 is 0 Å². The molecule has 0 amide bonds. The summed E-state index contributed by atoms with van der Waals surface area (Å²) in [4.78, 5) is 10.9. The van der Waals surface area contributed by atoms with Crippen LogP contribution in [0.25, 0.3) is 0 Å². The van der Waals surface area contributed by atoms with E-state index >= 15 is 0 Å². The third-order valence-corrected chi connectivity index (χ3v) is 5.40. The minimum atomic E-state index is -2.60. The summed E-state index contributed by atoms with van der Waals surface area (Å²) in [5, 5.41) is 0. The molecular formula is C12H26O5Si. The van der Waals surface area contributed by atoms with Crippen molar-refractivity contribution < 1.29 is 22.8 Å². The zero-order valence-corrected chi connectivity index (χ0v) is 13.2. The van der Waals surface area contributed by atoms with Gasteiger partial charge in [0.05, 0.1) is 6.10 Å². The van der Waals surface area contributed by atoms with Gasteiger partial charge in [0, 0.05) is 32.8 Å². The molecule has 18 heavy (non-hydrogen) atoms. The van der Waals surface area contributed by atoms with Crippen molar-refractivity contribution in [2.24, 2.45) is 0 Å². The highest BCUT2D eigenvalue weighted by Gasteiger charge is 2.40. The fourth-order valence-corrected chi connectivity index (χ4v) is 4.49. The van der Waals surface area contributed by atoms with Crippen molar-refractivity contribution in [3.8, 4) is 0 Å². The van der Waals surface area contributed by atoms with E-state index in [1.165, 1.54) is 6.92 Å². The highest BCUT2D eigenvalue weighted by atomic mass is 28.4. The number of carbonyl (C=O) groups excluding carboxylic acids is 1. The maximum atomic E-state index is 10.9. The maximum absolute atomic E-state index is 10.9. The minimum absolute atomic E-state index is 0.143. The standard InChI is InChI=1S/C12H26O5Si/c1-6-14-18(15-7-2,16-8-3)10-9-11(4)17-12(5)13/h11H,6-10H2,1-5H3. The molecule has 0 bridgehead atoms. The van der Waals surface area contributed by atoms with Crippen molar-refractivity contribution in [3.05, 3.63) is 0 Å². The van der Waals surface area contributed by atoms with Gasteiger partial charge >= 0.3 is 14.8 Å². The van der Waals surface area contributed by atoms with Gasteiger partial charge in [0.2, 0.25) is 0 Å². The van der Waals surface area contributed by atoms with Crippen molar-refractivity contribution in [2.75, 3.05) is 19.8 Å². The van der Waals surface area contributed by atoms with Crippen molar-refractivity contribution in [3.63, 3.8) is 0 Å². The van der Waals surface area contributed by atoms with Crippen LogP contribution in [-0.4, -0.2) is 40.7 Å². The number of ether oxygens (including phenoxy) is 1. The van der Waals surface area contributed by atoms with E-state index in [0.717, 1.165) is 0 Å². The van der Waals surface area contributed by atoms with E-state index in [0.29, 0.717) is 32.3 Å². The molecule has 108 valence electrons. The van der Waals surface area contributed by atoms with Crippen LogP contribution in [0, 0.1) is 0 Å². The highest BCUT2D eigenvalue weighted by Crippen LogP contribution is 2.20. The fourth-order valence-electron chi connectivity index (χ4n) is 1.72. The summed E-state index contributed by atoms with van der Waals surface area (Å²) in [6.07, 6.45) is 0.543. The maximum Gasteiger partial charge on any atom is 0.501 e. The van der Waals surface area contributed by atoms with E-state index in [4.69, 9.17) is 18.0 Å². The Morgan fingerprint density at radius 1 is 1.06 bits per heavy atom. The summed E-state index contributed by atoms with van der Waals surface area (Å²) >= 11 is 0. The Hall–Kier alpha value is -0.433. The Balaban J connectivity index is 4.40. The molecule has 0 aromatic rings. The van der Waals surface area contributed by atoms with Crippen LogP contribution in [0.15, 0.2) is 0 Å². The Kier molecular flexibility index (Phi) is 9.26. The van der Waals surface area contributed by atoms with Crippen LogP contribution in [0.1, 0.15) is 41.0 Å². The predicted octanol–water partition coefficient (Wildman–Crippen LogP) is 2.38. The average molecular weight is 278 g/mol. The summed E-state index contributed by atoms with van der Waals surface area (Å²) in [6.45, 7) is 10.7. The molecule has 0 fully saturated rings. The van der Waals surface area contributed by atoms with Crippen molar-refractivity contribution in [2.45, 2.75) is 53.2 Å². The lowest BCUT2D eigenvalue weighted by atomic mass is 10.3. The van der Waals surface area contributed by atoms with E-state index in [2.05, 4.69) is 0 Å². The third kappa shape index (κ3) is 7.10. The Labute approximate surface area is 111 Å². The second-order valence-electron chi connectivity index (χ2n) is 3.94.